The van der Waals surface area contributed by atoms with Crippen LogP contribution in [0.15, 0.2) is 0 Å². The number of likely N-dealkylation sites (tertiary alicyclic amines) is 1. The maximum atomic E-state index is 12.0. The predicted octanol–water partition coefficient (Wildman–Crippen LogP) is 0.459. The van der Waals surface area contributed by atoms with Crippen LogP contribution < -0.4 is 16.0 Å². The molecule has 7 heteroatoms. The van der Waals surface area contributed by atoms with Gasteiger partial charge in [0, 0.05) is 52.0 Å². The summed E-state index contributed by atoms with van der Waals surface area (Å²) in [5, 5.41) is 8.61. The molecule has 0 aromatic rings. The number of carbonyl (C=O) groups excluding carboxylic acids is 3. The van der Waals surface area contributed by atoms with Crippen molar-refractivity contribution >= 4 is 17.8 Å². The van der Waals surface area contributed by atoms with Crippen LogP contribution in [0.5, 0.6) is 0 Å². The van der Waals surface area contributed by atoms with Gasteiger partial charge in [0.25, 0.3) is 0 Å². The Hall–Kier alpha value is -1.79. The third-order valence-electron chi connectivity index (χ3n) is 4.87. The average Bonchev–Trinajstić information content (AvgIpc) is 2.92. The van der Waals surface area contributed by atoms with E-state index in [4.69, 9.17) is 0 Å². The predicted molar refractivity (Wildman–Crippen MR) is 86.7 cm³/mol. The van der Waals surface area contributed by atoms with Gasteiger partial charge >= 0.3 is 6.03 Å². The fraction of sp³-hybridized carbons (Fsp3) is 0.812. The Morgan fingerprint density at radius 3 is 2.48 bits per heavy atom. The standard InChI is InChI=1S/C16H28N4O3/c1-11(21)17-7-4-8-18-16(23)19-15-6-3-5-13-9-20(12(2)22)10-14(13)15/h13-15H,3-10H2,1-2H3,(H,17,21)(H2,18,19,23). The zero-order chi connectivity index (χ0) is 16.8. The minimum atomic E-state index is -0.153. The Morgan fingerprint density at radius 2 is 1.78 bits per heavy atom. The van der Waals surface area contributed by atoms with Crippen LogP contribution in [0.25, 0.3) is 0 Å². The number of rotatable bonds is 5. The number of carbonyl (C=O) groups is 3. The highest BCUT2D eigenvalue weighted by Gasteiger charge is 2.41. The second kappa shape index (κ2) is 8.17. The molecule has 3 atom stereocenters. The summed E-state index contributed by atoms with van der Waals surface area (Å²) in [6.07, 6.45) is 3.93. The molecule has 130 valence electrons. The van der Waals surface area contributed by atoms with Crippen molar-refractivity contribution in [3.05, 3.63) is 0 Å². The molecule has 1 saturated heterocycles. The summed E-state index contributed by atoms with van der Waals surface area (Å²) >= 11 is 0. The van der Waals surface area contributed by atoms with Crippen molar-refractivity contribution < 1.29 is 14.4 Å². The van der Waals surface area contributed by atoms with E-state index < -0.39 is 0 Å². The molecule has 0 radical (unpaired) electrons. The van der Waals surface area contributed by atoms with Crippen molar-refractivity contribution in [3.8, 4) is 0 Å². The van der Waals surface area contributed by atoms with E-state index in [2.05, 4.69) is 16.0 Å². The average molecular weight is 324 g/mol. The maximum absolute atomic E-state index is 12.0. The Morgan fingerprint density at radius 1 is 1.04 bits per heavy atom. The molecule has 1 heterocycles. The van der Waals surface area contributed by atoms with E-state index in [0.717, 1.165) is 32.4 Å². The lowest BCUT2D eigenvalue weighted by Crippen LogP contribution is -2.49. The van der Waals surface area contributed by atoms with Crippen molar-refractivity contribution in [2.45, 2.75) is 45.6 Å². The first-order valence-electron chi connectivity index (χ1n) is 8.51. The number of fused-ring (bicyclic) bond motifs is 1. The number of hydrogen-bond acceptors (Lipinski definition) is 3. The fourth-order valence-corrected chi connectivity index (χ4v) is 3.68. The second-order valence-electron chi connectivity index (χ2n) is 6.62. The number of amides is 4. The van der Waals surface area contributed by atoms with E-state index in [9.17, 15) is 14.4 Å². The van der Waals surface area contributed by atoms with Gasteiger partial charge in [-0.2, -0.15) is 0 Å². The molecule has 0 bridgehead atoms. The van der Waals surface area contributed by atoms with Crippen LogP contribution in [0.3, 0.4) is 0 Å². The number of nitrogens with zero attached hydrogens (tertiary/aromatic N) is 1. The van der Waals surface area contributed by atoms with Crippen LogP contribution in [-0.4, -0.2) is 55.0 Å². The van der Waals surface area contributed by atoms with Crippen LogP contribution in [0, 0.1) is 11.8 Å². The lowest BCUT2D eigenvalue weighted by atomic mass is 9.78. The first kappa shape index (κ1) is 17.6. The van der Waals surface area contributed by atoms with Crippen molar-refractivity contribution in [2.24, 2.45) is 11.8 Å². The molecule has 3 N–H and O–H groups in total. The molecule has 1 aliphatic carbocycles. The Kier molecular flexibility index (Phi) is 6.24. The number of urea groups is 1. The minimum Gasteiger partial charge on any atom is -0.356 e. The molecule has 23 heavy (non-hydrogen) atoms. The molecule has 2 rings (SSSR count). The molecular formula is C16H28N4O3. The quantitative estimate of drug-likeness (QED) is 0.642. The largest absolute Gasteiger partial charge is 0.356 e. The monoisotopic (exact) mass is 324 g/mol. The Balaban J connectivity index is 1.72. The zero-order valence-electron chi connectivity index (χ0n) is 14.1. The van der Waals surface area contributed by atoms with Gasteiger partial charge in [0.2, 0.25) is 11.8 Å². The van der Waals surface area contributed by atoms with Gasteiger partial charge in [-0.15, -0.1) is 0 Å². The highest BCUT2D eigenvalue weighted by atomic mass is 16.2. The molecule has 0 aromatic heterocycles. The van der Waals surface area contributed by atoms with Gasteiger partial charge in [0.05, 0.1) is 0 Å². The van der Waals surface area contributed by atoms with Crippen molar-refractivity contribution in [2.75, 3.05) is 26.2 Å². The van der Waals surface area contributed by atoms with Gasteiger partial charge in [-0.05, 0) is 25.2 Å². The summed E-state index contributed by atoms with van der Waals surface area (Å²) in [5.41, 5.74) is 0. The molecule has 1 saturated carbocycles. The maximum Gasteiger partial charge on any atom is 0.315 e. The van der Waals surface area contributed by atoms with E-state index in [-0.39, 0.29) is 23.9 Å². The van der Waals surface area contributed by atoms with Crippen molar-refractivity contribution in [1.82, 2.24) is 20.9 Å². The number of nitrogens with one attached hydrogen (secondary N) is 3. The Bertz CT molecular complexity index is 455. The summed E-state index contributed by atoms with van der Waals surface area (Å²) in [4.78, 5) is 36.2. The van der Waals surface area contributed by atoms with Gasteiger partial charge in [0.1, 0.15) is 0 Å². The van der Waals surface area contributed by atoms with E-state index in [0.29, 0.717) is 31.3 Å². The first-order chi connectivity index (χ1) is 11.0. The normalized spacial score (nSPS) is 26.3. The molecule has 0 spiro atoms. The lowest BCUT2D eigenvalue weighted by molar-refractivity contribution is -0.128. The van der Waals surface area contributed by atoms with Crippen LogP contribution in [0.4, 0.5) is 4.79 Å². The topological polar surface area (TPSA) is 90.5 Å². The first-order valence-corrected chi connectivity index (χ1v) is 8.51. The summed E-state index contributed by atoms with van der Waals surface area (Å²) in [5.74, 6) is 0.954. The molecule has 4 amide bonds. The molecule has 2 fully saturated rings. The van der Waals surface area contributed by atoms with E-state index >= 15 is 0 Å². The van der Waals surface area contributed by atoms with Gasteiger partial charge in [0.15, 0.2) is 0 Å². The van der Waals surface area contributed by atoms with Gasteiger partial charge in [-0.1, -0.05) is 6.42 Å². The molecule has 7 nitrogen and oxygen atoms in total. The van der Waals surface area contributed by atoms with Gasteiger partial charge in [-0.25, -0.2) is 4.79 Å². The Labute approximate surface area is 137 Å². The molecule has 1 aliphatic heterocycles. The van der Waals surface area contributed by atoms with Crippen LogP contribution in [0.2, 0.25) is 0 Å². The second-order valence-corrected chi connectivity index (χ2v) is 6.62. The minimum absolute atomic E-state index is 0.0565. The third kappa shape index (κ3) is 5.11. The highest BCUT2D eigenvalue weighted by Crippen LogP contribution is 2.36. The van der Waals surface area contributed by atoms with Crippen LogP contribution in [0.1, 0.15) is 39.5 Å². The summed E-state index contributed by atoms with van der Waals surface area (Å²) in [6.45, 7) is 5.78. The summed E-state index contributed by atoms with van der Waals surface area (Å²) in [6, 6.07) is -0.00630. The number of hydrogen-bond donors (Lipinski definition) is 3. The summed E-state index contributed by atoms with van der Waals surface area (Å²) in [7, 11) is 0. The molecule has 0 aromatic carbocycles. The fourth-order valence-electron chi connectivity index (χ4n) is 3.68. The molecule has 3 unspecified atom stereocenters. The van der Waals surface area contributed by atoms with Crippen molar-refractivity contribution in [3.63, 3.8) is 0 Å². The summed E-state index contributed by atoms with van der Waals surface area (Å²) < 4.78 is 0. The van der Waals surface area contributed by atoms with Crippen LogP contribution in [-0.2, 0) is 9.59 Å². The SMILES string of the molecule is CC(=O)NCCCNC(=O)NC1CCCC2CN(C(C)=O)CC21. The lowest BCUT2D eigenvalue weighted by Gasteiger charge is -2.33. The van der Waals surface area contributed by atoms with E-state index in [1.807, 2.05) is 4.90 Å². The molecular weight excluding hydrogens is 296 g/mol. The highest BCUT2D eigenvalue weighted by molar-refractivity contribution is 5.75. The third-order valence-corrected chi connectivity index (χ3v) is 4.87. The van der Waals surface area contributed by atoms with Crippen molar-refractivity contribution in [1.29, 1.82) is 0 Å². The van der Waals surface area contributed by atoms with Gasteiger partial charge < -0.3 is 20.9 Å². The molecule has 2 aliphatic rings. The smallest absolute Gasteiger partial charge is 0.315 e. The van der Waals surface area contributed by atoms with E-state index in [1.165, 1.54) is 6.92 Å². The zero-order valence-corrected chi connectivity index (χ0v) is 14.1. The van der Waals surface area contributed by atoms with E-state index in [1.54, 1.807) is 6.92 Å². The van der Waals surface area contributed by atoms with Crippen LogP contribution >= 0.6 is 0 Å². The van der Waals surface area contributed by atoms with Gasteiger partial charge in [-0.3, -0.25) is 9.59 Å².